The number of aryl methyl sites for hydroxylation is 1. The summed E-state index contributed by atoms with van der Waals surface area (Å²) < 4.78 is 1.99. The molecule has 0 spiro atoms. The van der Waals surface area contributed by atoms with E-state index in [1.54, 1.807) is 11.3 Å². The Kier molecular flexibility index (Phi) is 4.38. The molecule has 2 aromatic heterocycles. The van der Waals surface area contributed by atoms with E-state index in [1.165, 1.54) is 16.6 Å². The zero-order valence-corrected chi connectivity index (χ0v) is 11.5. The maximum Gasteiger partial charge on any atom is 0.313 e. The molecule has 5 nitrogen and oxygen atoms in total. The van der Waals surface area contributed by atoms with Crippen LogP contribution in [0.15, 0.2) is 22.7 Å². The second-order valence-corrected chi connectivity index (χ2v) is 5.58. The standard InChI is InChI=1S/C11H13N3O2S2/c1-2-9-12-13-11(18-7-10(15)16)14(9)6-8-4-3-5-17-8/h3-5H,2,6-7H2,1H3,(H,15,16). The number of carboxylic acids is 1. The maximum atomic E-state index is 10.6. The lowest BCUT2D eigenvalue weighted by Gasteiger charge is -2.06. The van der Waals surface area contributed by atoms with Gasteiger partial charge in [-0.15, -0.1) is 21.5 Å². The molecule has 0 saturated carbocycles. The fraction of sp³-hybridized carbons (Fsp3) is 0.364. The molecule has 2 rings (SSSR count). The smallest absolute Gasteiger partial charge is 0.313 e. The maximum absolute atomic E-state index is 10.6. The second kappa shape index (κ2) is 6.01. The number of thioether (sulfide) groups is 1. The molecule has 0 unspecified atom stereocenters. The molecular weight excluding hydrogens is 270 g/mol. The van der Waals surface area contributed by atoms with E-state index >= 15 is 0 Å². The van der Waals surface area contributed by atoms with Crippen LogP contribution in [-0.2, 0) is 17.8 Å². The summed E-state index contributed by atoms with van der Waals surface area (Å²) in [6, 6.07) is 4.05. The van der Waals surface area contributed by atoms with Gasteiger partial charge in [-0.05, 0) is 11.4 Å². The molecule has 7 heteroatoms. The summed E-state index contributed by atoms with van der Waals surface area (Å²) in [4.78, 5) is 11.8. The Morgan fingerprint density at radius 2 is 2.39 bits per heavy atom. The van der Waals surface area contributed by atoms with Crippen LogP contribution < -0.4 is 0 Å². The summed E-state index contributed by atoms with van der Waals surface area (Å²) in [6.45, 7) is 2.72. The first kappa shape index (κ1) is 13.1. The molecule has 0 amide bonds. The molecule has 1 N–H and O–H groups in total. The van der Waals surface area contributed by atoms with E-state index in [0.29, 0.717) is 11.7 Å². The quantitative estimate of drug-likeness (QED) is 0.823. The number of aliphatic carboxylic acids is 1. The highest BCUT2D eigenvalue weighted by Gasteiger charge is 2.13. The average molecular weight is 283 g/mol. The van der Waals surface area contributed by atoms with Crippen molar-refractivity contribution in [1.29, 1.82) is 0 Å². The molecule has 18 heavy (non-hydrogen) atoms. The molecule has 0 aliphatic carbocycles. The molecule has 2 heterocycles. The van der Waals surface area contributed by atoms with Gasteiger partial charge < -0.3 is 9.67 Å². The van der Waals surface area contributed by atoms with Crippen molar-refractivity contribution in [1.82, 2.24) is 14.8 Å². The summed E-state index contributed by atoms with van der Waals surface area (Å²) in [6.07, 6.45) is 0.784. The van der Waals surface area contributed by atoms with Gasteiger partial charge >= 0.3 is 5.97 Å². The summed E-state index contributed by atoms with van der Waals surface area (Å²) in [7, 11) is 0. The SMILES string of the molecule is CCc1nnc(SCC(=O)O)n1Cc1cccs1. The normalized spacial score (nSPS) is 10.7. The van der Waals surface area contributed by atoms with E-state index in [4.69, 9.17) is 5.11 Å². The number of aromatic nitrogens is 3. The Morgan fingerprint density at radius 1 is 1.56 bits per heavy atom. The largest absolute Gasteiger partial charge is 0.481 e. The van der Waals surface area contributed by atoms with Crippen molar-refractivity contribution < 1.29 is 9.90 Å². The van der Waals surface area contributed by atoms with Gasteiger partial charge in [-0.1, -0.05) is 24.8 Å². The van der Waals surface area contributed by atoms with E-state index in [-0.39, 0.29) is 5.75 Å². The third-order valence-corrected chi connectivity index (χ3v) is 4.14. The van der Waals surface area contributed by atoms with Crippen LogP contribution in [0.5, 0.6) is 0 Å². The third-order valence-electron chi connectivity index (χ3n) is 2.33. The molecule has 0 bridgehead atoms. The summed E-state index contributed by atoms with van der Waals surface area (Å²) in [5.74, 6) is 0.0479. The lowest BCUT2D eigenvalue weighted by molar-refractivity contribution is -0.133. The van der Waals surface area contributed by atoms with Crippen LogP contribution in [0.2, 0.25) is 0 Å². The second-order valence-electron chi connectivity index (χ2n) is 3.60. The number of rotatable bonds is 6. The van der Waals surface area contributed by atoms with Crippen LogP contribution in [0.4, 0.5) is 0 Å². The molecule has 0 aromatic carbocycles. The first-order valence-corrected chi connectivity index (χ1v) is 7.36. The minimum Gasteiger partial charge on any atom is -0.481 e. The minimum atomic E-state index is -0.844. The topological polar surface area (TPSA) is 68.0 Å². The molecule has 96 valence electrons. The van der Waals surface area contributed by atoms with Crippen molar-refractivity contribution in [3.8, 4) is 0 Å². The van der Waals surface area contributed by atoms with Gasteiger partial charge in [0.1, 0.15) is 5.82 Å². The zero-order valence-electron chi connectivity index (χ0n) is 9.87. The van der Waals surface area contributed by atoms with Crippen molar-refractivity contribution in [2.75, 3.05) is 5.75 Å². The van der Waals surface area contributed by atoms with Crippen molar-refractivity contribution in [3.05, 3.63) is 28.2 Å². The molecule has 0 saturated heterocycles. The van der Waals surface area contributed by atoms with E-state index in [0.717, 1.165) is 12.2 Å². The molecule has 0 atom stereocenters. The van der Waals surface area contributed by atoms with Crippen LogP contribution in [-0.4, -0.2) is 31.6 Å². The van der Waals surface area contributed by atoms with Gasteiger partial charge in [0.25, 0.3) is 0 Å². The zero-order chi connectivity index (χ0) is 13.0. The van der Waals surface area contributed by atoms with Gasteiger partial charge in [0.2, 0.25) is 0 Å². The summed E-state index contributed by atoms with van der Waals surface area (Å²) in [5, 5.41) is 19.6. The molecule has 0 fully saturated rings. The van der Waals surface area contributed by atoms with Crippen molar-refractivity contribution in [2.45, 2.75) is 25.0 Å². The van der Waals surface area contributed by atoms with E-state index < -0.39 is 5.97 Å². The molecule has 2 aromatic rings. The van der Waals surface area contributed by atoms with E-state index in [1.807, 2.05) is 22.9 Å². The third kappa shape index (κ3) is 3.11. The molecule has 0 aliphatic heterocycles. The highest BCUT2D eigenvalue weighted by molar-refractivity contribution is 7.99. The van der Waals surface area contributed by atoms with Crippen LogP contribution in [0.1, 0.15) is 17.6 Å². The van der Waals surface area contributed by atoms with Crippen molar-refractivity contribution in [3.63, 3.8) is 0 Å². The number of thiophene rings is 1. The first-order valence-electron chi connectivity index (χ1n) is 5.49. The molecular formula is C11H13N3O2S2. The lowest BCUT2D eigenvalue weighted by Crippen LogP contribution is -2.06. The van der Waals surface area contributed by atoms with Gasteiger partial charge in [0.15, 0.2) is 5.16 Å². The van der Waals surface area contributed by atoms with Crippen LogP contribution >= 0.6 is 23.1 Å². The van der Waals surface area contributed by atoms with E-state index in [9.17, 15) is 4.79 Å². The van der Waals surface area contributed by atoms with Gasteiger partial charge in [-0.2, -0.15) is 0 Å². The number of hydrogen-bond donors (Lipinski definition) is 1. The fourth-order valence-corrected chi connectivity index (χ4v) is 2.90. The minimum absolute atomic E-state index is 0.00624. The van der Waals surface area contributed by atoms with Crippen LogP contribution in [0.3, 0.4) is 0 Å². The number of carboxylic acid groups (broad SMARTS) is 1. The molecule has 0 radical (unpaired) electrons. The summed E-state index contributed by atoms with van der Waals surface area (Å²) >= 11 is 2.88. The van der Waals surface area contributed by atoms with Crippen molar-refractivity contribution in [2.24, 2.45) is 0 Å². The average Bonchev–Trinajstić information content (AvgIpc) is 2.97. The Bertz CT molecular complexity index is 522. The monoisotopic (exact) mass is 283 g/mol. The first-order chi connectivity index (χ1) is 8.70. The number of nitrogens with zero attached hydrogens (tertiary/aromatic N) is 3. The number of carbonyl (C=O) groups is 1. The predicted octanol–water partition coefficient (Wildman–Crippen LogP) is 2.13. The van der Waals surface area contributed by atoms with Gasteiger partial charge in [-0.25, -0.2) is 0 Å². The highest BCUT2D eigenvalue weighted by Crippen LogP contribution is 2.20. The van der Waals surface area contributed by atoms with Gasteiger partial charge in [0.05, 0.1) is 12.3 Å². The number of hydrogen-bond acceptors (Lipinski definition) is 5. The Morgan fingerprint density at radius 3 is 3.00 bits per heavy atom. The molecule has 0 aliphatic rings. The Hall–Kier alpha value is -1.34. The van der Waals surface area contributed by atoms with Crippen LogP contribution in [0, 0.1) is 0 Å². The van der Waals surface area contributed by atoms with Crippen molar-refractivity contribution >= 4 is 29.1 Å². The lowest BCUT2D eigenvalue weighted by atomic mass is 10.4. The van der Waals surface area contributed by atoms with E-state index in [2.05, 4.69) is 16.3 Å². The van der Waals surface area contributed by atoms with Gasteiger partial charge in [0, 0.05) is 11.3 Å². The predicted molar refractivity (Wildman–Crippen MR) is 71.2 cm³/mol. The Labute approximate surface area is 113 Å². The van der Waals surface area contributed by atoms with Gasteiger partial charge in [-0.3, -0.25) is 4.79 Å². The van der Waals surface area contributed by atoms with Crippen LogP contribution in [0.25, 0.3) is 0 Å². The fourth-order valence-electron chi connectivity index (χ4n) is 1.53. The Balaban J connectivity index is 2.19. The summed E-state index contributed by atoms with van der Waals surface area (Å²) in [5.41, 5.74) is 0. The highest BCUT2D eigenvalue weighted by atomic mass is 32.2.